The molecule has 0 N–H and O–H groups in total. The lowest BCUT2D eigenvalue weighted by Crippen LogP contribution is -2.02. The van der Waals surface area contributed by atoms with Gasteiger partial charge < -0.3 is 14.3 Å². The van der Waals surface area contributed by atoms with E-state index in [1.165, 1.54) is 0 Å². The van der Waals surface area contributed by atoms with Gasteiger partial charge in [-0.15, -0.1) is 0 Å². The van der Waals surface area contributed by atoms with Gasteiger partial charge in [-0.05, 0) is 36.3 Å². The first-order chi connectivity index (χ1) is 11.8. The van der Waals surface area contributed by atoms with Crippen LogP contribution in [0.1, 0.15) is 18.1 Å². The fourth-order valence-electron chi connectivity index (χ4n) is 1.97. The number of ether oxygens (including phenoxy) is 2. The monoisotopic (exact) mass is 325 g/mol. The number of oxime groups is 1. The molecule has 0 amide bonds. The summed E-state index contributed by atoms with van der Waals surface area (Å²) in [4.78, 5) is 5.25. The van der Waals surface area contributed by atoms with Gasteiger partial charge in [0.15, 0.2) is 0 Å². The Labute approximate surface area is 143 Å². The molecule has 4 nitrogen and oxygen atoms in total. The molecular formula is C20H23NO3. The maximum atomic E-state index is 5.55. The Morgan fingerprint density at radius 3 is 2.46 bits per heavy atom. The van der Waals surface area contributed by atoms with Crippen LogP contribution in [0.15, 0.2) is 65.8 Å². The van der Waals surface area contributed by atoms with Gasteiger partial charge in [0.25, 0.3) is 0 Å². The topological polar surface area (TPSA) is 40.0 Å². The van der Waals surface area contributed by atoms with Crippen LogP contribution in [0.2, 0.25) is 0 Å². The summed E-state index contributed by atoms with van der Waals surface area (Å²) in [7, 11) is 1.65. The van der Waals surface area contributed by atoms with E-state index in [2.05, 4.69) is 5.16 Å². The number of allylic oxidation sites excluding steroid dienone is 1. The average molecular weight is 325 g/mol. The molecule has 0 aromatic heterocycles. The Morgan fingerprint density at radius 1 is 1.00 bits per heavy atom. The van der Waals surface area contributed by atoms with Crippen molar-refractivity contribution in [3.8, 4) is 5.75 Å². The van der Waals surface area contributed by atoms with Crippen LogP contribution in [-0.2, 0) is 16.2 Å². The van der Waals surface area contributed by atoms with Crippen LogP contribution in [-0.4, -0.2) is 26.0 Å². The zero-order valence-corrected chi connectivity index (χ0v) is 14.1. The molecule has 0 spiro atoms. The molecule has 2 aromatic rings. The van der Waals surface area contributed by atoms with Crippen molar-refractivity contribution in [1.82, 2.24) is 0 Å². The van der Waals surface area contributed by atoms with Gasteiger partial charge in [-0.25, -0.2) is 0 Å². The Balaban J connectivity index is 1.62. The third kappa shape index (κ3) is 6.67. The first-order valence-electron chi connectivity index (χ1n) is 7.88. The second kappa shape index (κ2) is 10.2. The summed E-state index contributed by atoms with van der Waals surface area (Å²) >= 11 is 0. The van der Waals surface area contributed by atoms with Gasteiger partial charge in [0.2, 0.25) is 0 Å². The van der Waals surface area contributed by atoms with Crippen LogP contribution in [0.4, 0.5) is 0 Å². The third-order valence-corrected chi connectivity index (χ3v) is 3.27. The number of hydrogen-bond donors (Lipinski definition) is 0. The predicted molar refractivity (Wildman–Crippen MR) is 97.2 cm³/mol. The number of benzene rings is 2. The molecule has 0 aliphatic carbocycles. The van der Waals surface area contributed by atoms with Crippen molar-refractivity contribution in [2.45, 2.75) is 13.5 Å². The Hall–Kier alpha value is -2.59. The van der Waals surface area contributed by atoms with E-state index in [4.69, 9.17) is 14.3 Å². The highest BCUT2D eigenvalue weighted by molar-refractivity contribution is 5.95. The van der Waals surface area contributed by atoms with Gasteiger partial charge in [0.1, 0.15) is 12.4 Å². The average Bonchev–Trinajstić information content (AvgIpc) is 2.64. The smallest absolute Gasteiger partial charge is 0.140 e. The van der Waals surface area contributed by atoms with Crippen LogP contribution >= 0.6 is 0 Å². The zero-order chi connectivity index (χ0) is 17.0. The highest BCUT2D eigenvalue weighted by atomic mass is 16.6. The SMILES string of the molecule is COc1ccc(COCCON=C(C)C=Cc2ccccc2)cc1. The van der Waals surface area contributed by atoms with Gasteiger partial charge in [0, 0.05) is 0 Å². The van der Waals surface area contributed by atoms with Gasteiger partial charge in [-0.2, -0.15) is 0 Å². The van der Waals surface area contributed by atoms with Crippen molar-refractivity contribution in [3.05, 3.63) is 71.8 Å². The lowest BCUT2D eigenvalue weighted by Gasteiger charge is -2.05. The number of methoxy groups -OCH3 is 1. The summed E-state index contributed by atoms with van der Waals surface area (Å²) in [5.74, 6) is 0.843. The Bertz CT molecular complexity index is 648. The van der Waals surface area contributed by atoms with Crippen molar-refractivity contribution >= 4 is 11.8 Å². The summed E-state index contributed by atoms with van der Waals surface area (Å²) in [6.07, 6.45) is 3.93. The number of hydrogen-bond acceptors (Lipinski definition) is 4. The maximum absolute atomic E-state index is 5.55. The molecule has 4 heteroatoms. The molecule has 0 bridgehead atoms. The van der Waals surface area contributed by atoms with Gasteiger partial charge in [-0.1, -0.05) is 53.7 Å². The van der Waals surface area contributed by atoms with E-state index in [0.29, 0.717) is 19.8 Å². The van der Waals surface area contributed by atoms with Gasteiger partial charge in [0.05, 0.1) is 26.0 Å². The predicted octanol–water partition coefficient (Wildman–Crippen LogP) is 4.32. The molecule has 0 heterocycles. The fourth-order valence-corrected chi connectivity index (χ4v) is 1.97. The van der Waals surface area contributed by atoms with E-state index < -0.39 is 0 Å². The van der Waals surface area contributed by atoms with Crippen LogP contribution in [0.3, 0.4) is 0 Å². The number of rotatable bonds is 9. The molecule has 0 unspecified atom stereocenters. The van der Waals surface area contributed by atoms with Crippen molar-refractivity contribution in [1.29, 1.82) is 0 Å². The normalized spacial score (nSPS) is 11.7. The molecule has 2 rings (SSSR count). The molecule has 24 heavy (non-hydrogen) atoms. The minimum Gasteiger partial charge on any atom is -0.497 e. The highest BCUT2D eigenvalue weighted by Gasteiger charge is 1.95. The van der Waals surface area contributed by atoms with Crippen molar-refractivity contribution in [3.63, 3.8) is 0 Å². The first-order valence-corrected chi connectivity index (χ1v) is 7.88. The van der Waals surface area contributed by atoms with E-state index in [1.807, 2.05) is 73.7 Å². The van der Waals surface area contributed by atoms with Crippen LogP contribution in [0, 0.1) is 0 Å². The molecule has 0 aliphatic rings. The lowest BCUT2D eigenvalue weighted by molar-refractivity contribution is 0.0433. The largest absolute Gasteiger partial charge is 0.497 e. The Kier molecular flexibility index (Phi) is 7.57. The van der Waals surface area contributed by atoms with E-state index >= 15 is 0 Å². The molecule has 0 atom stereocenters. The molecule has 0 saturated heterocycles. The van der Waals surface area contributed by atoms with Crippen LogP contribution < -0.4 is 4.74 Å². The van der Waals surface area contributed by atoms with Gasteiger partial charge >= 0.3 is 0 Å². The van der Waals surface area contributed by atoms with Crippen molar-refractivity contribution in [2.75, 3.05) is 20.3 Å². The van der Waals surface area contributed by atoms with Crippen molar-refractivity contribution < 1.29 is 14.3 Å². The van der Waals surface area contributed by atoms with E-state index in [-0.39, 0.29) is 0 Å². The lowest BCUT2D eigenvalue weighted by atomic mass is 10.2. The summed E-state index contributed by atoms with van der Waals surface area (Å²) in [5, 5.41) is 4.04. The summed E-state index contributed by atoms with van der Waals surface area (Å²) in [6, 6.07) is 17.9. The summed E-state index contributed by atoms with van der Waals surface area (Å²) in [6.45, 7) is 3.36. The van der Waals surface area contributed by atoms with E-state index in [1.54, 1.807) is 7.11 Å². The zero-order valence-electron chi connectivity index (χ0n) is 14.1. The Morgan fingerprint density at radius 2 is 1.75 bits per heavy atom. The van der Waals surface area contributed by atoms with E-state index in [0.717, 1.165) is 22.6 Å². The standard InChI is InChI=1S/C20H23NO3/c1-17(8-9-18-6-4-3-5-7-18)21-24-15-14-23-16-19-10-12-20(22-2)13-11-19/h3-13H,14-16H2,1-2H3. The molecular weight excluding hydrogens is 302 g/mol. The van der Waals surface area contributed by atoms with Crippen molar-refractivity contribution in [2.24, 2.45) is 5.16 Å². The molecule has 0 fully saturated rings. The summed E-state index contributed by atoms with van der Waals surface area (Å²) < 4.78 is 10.7. The second-order valence-corrected chi connectivity index (χ2v) is 5.21. The van der Waals surface area contributed by atoms with Crippen LogP contribution in [0.5, 0.6) is 5.75 Å². The van der Waals surface area contributed by atoms with Gasteiger partial charge in [-0.3, -0.25) is 0 Å². The third-order valence-electron chi connectivity index (χ3n) is 3.27. The minimum atomic E-state index is 0.423. The first kappa shape index (κ1) is 17.8. The highest BCUT2D eigenvalue weighted by Crippen LogP contribution is 2.11. The number of nitrogens with zero attached hydrogens (tertiary/aromatic N) is 1. The molecule has 2 aromatic carbocycles. The van der Waals surface area contributed by atoms with Crippen LogP contribution in [0.25, 0.3) is 6.08 Å². The molecule has 126 valence electrons. The maximum Gasteiger partial charge on any atom is 0.140 e. The fraction of sp³-hybridized carbons (Fsp3) is 0.250. The van der Waals surface area contributed by atoms with E-state index in [9.17, 15) is 0 Å². The molecule has 0 saturated carbocycles. The summed E-state index contributed by atoms with van der Waals surface area (Å²) in [5.41, 5.74) is 3.05. The second-order valence-electron chi connectivity index (χ2n) is 5.21. The minimum absolute atomic E-state index is 0.423. The molecule has 0 aliphatic heterocycles. The molecule has 0 radical (unpaired) electrons. The quantitative estimate of drug-likeness (QED) is 0.392.